The van der Waals surface area contributed by atoms with E-state index in [9.17, 15) is 4.79 Å². The van der Waals surface area contributed by atoms with Crippen LogP contribution in [-0.2, 0) is 0 Å². The molecule has 3 aromatic rings. The Bertz CT molecular complexity index is 886. The highest BCUT2D eigenvalue weighted by molar-refractivity contribution is 5.98. The number of rotatable bonds is 4. The Balaban J connectivity index is 1.31. The highest BCUT2D eigenvalue weighted by atomic mass is 16.1. The fourth-order valence-electron chi connectivity index (χ4n) is 3.61. The zero-order valence-corrected chi connectivity index (χ0v) is 14.8. The van der Waals surface area contributed by atoms with E-state index >= 15 is 0 Å². The summed E-state index contributed by atoms with van der Waals surface area (Å²) in [6, 6.07) is 18.1. The number of hydrogen-bond acceptors (Lipinski definition) is 3. The van der Waals surface area contributed by atoms with E-state index < -0.39 is 0 Å². The van der Waals surface area contributed by atoms with Gasteiger partial charge in [0, 0.05) is 31.4 Å². The van der Waals surface area contributed by atoms with E-state index in [4.69, 9.17) is 0 Å². The van der Waals surface area contributed by atoms with Crippen molar-refractivity contribution in [3.63, 3.8) is 0 Å². The molecule has 1 fully saturated rings. The minimum atomic E-state index is 0.0189. The van der Waals surface area contributed by atoms with Crippen molar-refractivity contribution in [1.82, 2.24) is 10.3 Å². The topological polar surface area (TPSA) is 45.2 Å². The van der Waals surface area contributed by atoms with E-state index in [-0.39, 0.29) is 5.91 Å². The smallest absolute Gasteiger partial charge is 0.251 e. The van der Waals surface area contributed by atoms with Crippen LogP contribution in [-0.4, -0.2) is 30.5 Å². The summed E-state index contributed by atoms with van der Waals surface area (Å²) in [5, 5.41) is 5.38. The molecule has 4 rings (SSSR count). The molecule has 2 heterocycles. The van der Waals surface area contributed by atoms with E-state index in [1.165, 1.54) is 5.69 Å². The van der Waals surface area contributed by atoms with Gasteiger partial charge < -0.3 is 10.2 Å². The van der Waals surface area contributed by atoms with Gasteiger partial charge in [0.15, 0.2) is 0 Å². The highest BCUT2D eigenvalue weighted by Gasteiger charge is 2.20. The third kappa shape index (κ3) is 3.69. The number of carbonyl (C=O) groups excluding carboxylic acids is 1. The SMILES string of the molecule is O=C(NCC1CCN(c2cccnc2)CC1)c1ccc2ccccc2c1. The Hall–Kier alpha value is -2.88. The lowest BCUT2D eigenvalue weighted by Crippen LogP contribution is -2.38. The van der Waals surface area contributed by atoms with Crippen molar-refractivity contribution < 1.29 is 4.79 Å². The average molecular weight is 345 g/mol. The maximum Gasteiger partial charge on any atom is 0.251 e. The molecule has 4 nitrogen and oxygen atoms in total. The van der Waals surface area contributed by atoms with Gasteiger partial charge in [-0.05, 0) is 53.8 Å². The van der Waals surface area contributed by atoms with Gasteiger partial charge in [0.2, 0.25) is 0 Å². The van der Waals surface area contributed by atoms with Crippen LogP contribution in [0.15, 0.2) is 67.0 Å². The van der Waals surface area contributed by atoms with Crippen molar-refractivity contribution in [3.8, 4) is 0 Å². The van der Waals surface area contributed by atoms with Crippen molar-refractivity contribution in [3.05, 3.63) is 72.6 Å². The third-order valence-corrected chi connectivity index (χ3v) is 5.19. The summed E-state index contributed by atoms with van der Waals surface area (Å²) in [7, 11) is 0. The van der Waals surface area contributed by atoms with Gasteiger partial charge in [0.1, 0.15) is 0 Å². The Morgan fingerprint density at radius 3 is 2.62 bits per heavy atom. The lowest BCUT2D eigenvalue weighted by atomic mass is 9.96. The van der Waals surface area contributed by atoms with Gasteiger partial charge in [-0.3, -0.25) is 9.78 Å². The second-order valence-electron chi connectivity index (χ2n) is 6.91. The molecule has 1 aliphatic rings. The number of carbonyl (C=O) groups is 1. The lowest BCUT2D eigenvalue weighted by Gasteiger charge is -2.33. The van der Waals surface area contributed by atoms with Crippen molar-refractivity contribution >= 4 is 22.4 Å². The Labute approximate surface area is 153 Å². The number of nitrogens with one attached hydrogen (secondary N) is 1. The summed E-state index contributed by atoms with van der Waals surface area (Å²) in [5.41, 5.74) is 1.92. The number of anilines is 1. The second-order valence-corrected chi connectivity index (χ2v) is 6.91. The number of hydrogen-bond donors (Lipinski definition) is 1. The van der Waals surface area contributed by atoms with Crippen molar-refractivity contribution in [2.45, 2.75) is 12.8 Å². The molecule has 0 aliphatic carbocycles. The van der Waals surface area contributed by atoms with Crippen LogP contribution >= 0.6 is 0 Å². The molecule has 26 heavy (non-hydrogen) atoms. The van der Waals surface area contributed by atoms with E-state index in [0.29, 0.717) is 5.92 Å². The Morgan fingerprint density at radius 1 is 1.04 bits per heavy atom. The van der Waals surface area contributed by atoms with Gasteiger partial charge in [-0.1, -0.05) is 30.3 Å². The molecular weight excluding hydrogens is 322 g/mol. The first-order chi connectivity index (χ1) is 12.8. The van der Waals surface area contributed by atoms with Gasteiger partial charge in [-0.25, -0.2) is 0 Å². The molecule has 1 aromatic heterocycles. The van der Waals surface area contributed by atoms with Gasteiger partial charge in [0.25, 0.3) is 5.91 Å². The second kappa shape index (κ2) is 7.56. The van der Waals surface area contributed by atoms with Crippen LogP contribution in [0.3, 0.4) is 0 Å². The molecule has 132 valence electrons. The normalized spacial score (nSPS) is 15.2. The van der Waals surface area contributed by atoms with E-state index in [2.05, 4.69) is 27.3 Å². The maximum atomic E-state index is 12.5. The number of aromatic nitrogens is 1. The number of fused-ring (bicyclic) bond motifs is 1. The van der Waals surface area contributed by atoms with Crippen LogP contribution in [0.2, 0.25) is 0 Å². The summed E-state index contributed by atoms with van der Waals surface area (Å²) in [6.45, 7) is 2.77. The first kappa shape index (κ1) is 16.6. The Morgan fingerprint density at radius 2 is 1.85 bits per heavy atom. The van der Waals surface area contributed by atoms with E-state index in [1.807, 2.05) is 48.7 Å². The number of piperidine rings is 1. The molecule has 1 N–H and O–H groups in total. The van der Waals surface area contributed by atoms with Crippen LogP contribution in [0.25, 0.3) is 10.8 Å². The third-order valence-electron chi connectivity index (χ3n) is 5.19. The van der Waals surface area contributed by atoms with Gasteiger partial charge in [-0.15, -0.1) is 0 Å². The van der Waals surface area contributed by atoms with E-state index in [1.54, 1.807) is 6.20 Å². The molecule has 0 radical (unpaired) electrons. The molecule has 0 unspecified atom stereocenters. The first-order valence-electron chi connectivity index (χ1n) is 9.21. The first-order valence-corrected chi connectivity index (χ1v) is 9.21. The van der Waals surface area contributed by atoms with Crippen LogP contribution in [0.1, 0.15) is 23.2 Å². The van der Waals surface area contributed by atoms with Gasteiger partial charge >= 0.3 is 0 Å². The number of amides is 1. The molecular formula is C22H23N3O. The van der Waals surface area contributed by atoms with Gasteiger partial charge in [-0.2, -0.15) is 0 Å². The molecule has 0 bridgehead atoms. The molecule has 0 atom stereocenters. The average Bonchev–Trinajstić information content (AvgIpc) is 2.72. The standard InChI is InChI=1S/C22H23N3O/c26-22(20-8-7-18-4-1-2-5-19(18)14-20)24-15-17-9-12-25(13-10-17)21-6-3-11-23-16-21/h1-8,11,14,16-17H,9-10,12-13,15H2,(H,24,26). The molecule has 2 aromatic carbocycles. The van der Waals surface area contributed by atoms with Crippen LogP contribution < -0.4 is 10.2 Å². The fraction of sp³-hybridized carbons (Fsp3) is 0.273. The maximum absolute atomic E-state index is 12.5. The zero-order valence-electron chi connectivity index (χ0n) is 14.8. The number of pyridine rings is 1. The quantitative estimate of drug-likeness (QED) is 0.780. The molecule has 1 aliphatic heterocycles. The molecule has 1 saturated heterocycles. The molecule has 0 saturated carbocycles. The summed E-state index contributed by atoms with van der Waals surface area (Å²) >= 11 is 0. The minimum absolute atomic E-state index is 0.0189. The molecule has 0 spiro atoms. The summed E-state index contributed by atoms with van der Waals surface area (Å²) in [6.07, 6.45) is 5.90. The predicted octanol–water partition coefficient (Wildman–Crippen LogP) is 3.88. The summed E-state index contributed by atoms with van der Waals surface area (Å²) < 4.78 is 0. The lowest BCUT2D eigenvalue weighted by molar-refractivity contribution is 0.0945. The number of nitrogens with zero attached hydrogens (tertiary/aromatic N) is 2. The van der Waals surface area contributed by atoms with E-state index in [0.717, 1.165) is 48.8 Å². The fourth-order valence-corrected chi connectivity index (χ4v) is 3.61. The van der Waals surface area contributed by atoms with Crippen LogP contribution in [0.4, 0.5) is 5.69 Å². The minimum Gasteiger partial charge on any atom is -0.370 e. The van der Waals surface area contributed by atoms with Crippen LogP contribution in [0.5, 0.6) is 0 Å². The molecule has 1 amide bonds. The summed E-state index contributed by atoms with van der Waals surface area (Å²) in [5.74, 6) is 0.553. The monoisotopic (exact) mass is 345 g/mol. The Kier molecular flexibility index (Phi) is 4.82. The zero-order chi connectivity index (χ0) is 17.8. The van der Waals surface area contributed by atoms with Crippen molar-refractivity contribution in [2.75, 3.05) is 24.5 Å². The largest absolute Gasteiger partial charge is 0.370 e. The van der Waals surface area contributed by atoms with Crippen molar-refractivity contribution in [2.24, 2.45) is 5.92 Å². The summed E-state index contributed by atoms with van der Waals surface area (Å²) in [4.78, 5) is 19.1. The van der Waals surface area contributed by atoms with Gasteiger partial charge in [0.05, 0.1) is 11.9 Å². The van der Waals surface area contributed by atoms with Crippen molar-refractivity contribution in [1.29, 1.82) is 0 Å². The highest BCUT2D eigenvalue weighted by Crippen LogP contribution is 2.22. The predicted molar refractivity (Wildman–Crippen MR) is 105 cm³/mol. The molecule has 4 heteroatoms. The van der Waals surface area contributed by atoms with Crippen LogP contribution in [0, 0.1) is 5.92 Å². The number of benzene rings is 2.